The third kappa shape index (κ3) is 6.01. The smallest absolute Gasteiger partial charge is 0.263 e. The van der Waals surface area contributed by atoms with Crippen LogP contribution in [0.25, 0.3) is 0 Å². The molecule has 11 heteroatoms. The van der Waals surface area contributed by atoms with E-state index in [1.165, 1.54) is 30.7 Å². The minimum Gasteiger partial charge on any atom is -0.493 e. The number of amides is 2. The molecule has 1 saturated heterocycles. The zero-order valence-electron chi connectivity index (χ0n) is 23.0. The molecular weight excluding hydrogens is 546 g/mol. The molecule has 0 bridgehead atoms. The lowest BCUT2D eigenvalue weighted by atomic mass is 9.97. The Balaban J connectivity index is 1.33. The summed E-state index contributed by atoms with van der Waals surface area (Å²) >= 11 is 0. The number of rotatable bonds is 8. The number of hydrogen-bond acceptors (Lipinski definition) is 7. The van der Waals surface area contributed by atoms with Gasteiger partial charge in [-0.15, -0.1) is 0 Å². The molecule has 0 aromatic heterocycles. The highest BCUT2D eigenvalue weighted by Crippen LogP contribution is 2.36. The van der Waals surface area contributed by atoms with E-state index in [1.807, 2.05) is 30.3 Å². The Morgan fingerprint density at radius 2 is 1.68 bits per heavy atom. The van der Waals surface area contributed by atoms with E-state index < -0.39 is 22.0 Å². The molecule has 10 nitrogen and oxygen atoms in total. The van der Waals surface area contributed by atoms with E-state index in [4.69, 9.17) is 14.2 Å². The Hall–Kier alpha value is -4.09. The van der Waals surface area contributed by atoms with Crippen LogP contribution in [0.1, 0.15) is 18.4 Å². The summed E-state index contributed by atoms with van der Waals surface area (Å²) in [5.74, 6) is -0.00193. The normalized spacial score (nSPS) is 19.0. The van der Waals surface area contributed by atoms with Crippen molar-refractivity contribution < 1.29 is 32.2 Å². The molecule has 5 rings (SSSR count). The average molecular weight is 580 g/mol. The van der Waals surface area contributed by atoms with Gasteiger partial charge in [0.1, 0.15) is 5.75 Å². The second-order valence-corrected chi connectivity index (χ2v) is 11.9. The van der Waals surface area contributed by atoms with E-state index in [1.54, 1.807) is 35.2 Å². The summed E-state index contributed by atoms with van der Waals surface area (Å²) in [5, 5.41) is 2.89. The van der Waals surface area contributed by atoms with Crippen molar-refractivity contribution in [3.8, 4) is 17.2 Å². The van der Waals surface area contributed by atoms with Crippen LogP contribution in [0.5, 0.6) is 17.2 Å². The monoisotopic (exact) mass is 579 g/mol. The highest BCUT2D eigenvalue weighted by Gasteiger charge is 2.40. The van der Waals surface area contributed by atoms with Crippen molar-refractivity contribution in [2.45, 2.75) is 30.4 Å². The van der Waals surface area contributed by atoms with Crippen molar-refractivity contribution in [1.29, 1.82) is 0 Å². The van der Waals surface area contributed by atoms with Gasteiger partial charge in [-0.05, 0) is 42.7 Å². The molecule has 0 aliphatic carbocycles. The van der Waals surface area contributed by atoms with Crippen molar-refractivity contribution in [1.82, 2.24) is 9.62 Å². The largest absolute Gasteiger partial charge is 0.493 e. The standard InChI is InChI=1S/C30H33N3O7S/c1-38-26-15-14-23(17-27(26)39-2)41(36,37)32-16-8-11-22(19-32)30(35)33-20-28(40-25-13-7-6-12-24(25)33)29(34)31-18-21-9-4-3-5-10-21/h3-7,9-10,12-15,17,22,28H,8,11,16,18-20H2,1-2H3,(H,31,34)/t22-,28-/m0/s1. The summed E-state index contributed by atoms with van der Waals surface area (Å²) < 4.78 is 45.0. The first-order valence-corrected chi connectivity index (χ1v) is 14.9. The van der Waals surface area contributed by atoms with Crippen molar-refractivity contribution in [2.24, 2.45) is 5.92 Å². The number of sulfonamides is 1. The number of nitrogens with one attached hydrogen (secondary N) is 1. The number of anilines is 1. The molecule has 2 aliphatic rings. The second-order valence-electron chi connectivity index (χ2n) is 9.95. The third-order valence-electron chi connectivity index (χ3n) is 7.37. The fourth-order valence-corrected chi connectivity index (χ4v) is 6.73. The fraction of sp³-hybridized carbons (Fsp3) is 0.333. The average Bonchev–Trinajstić information content (AvgIpc) is 3.02. The Morgan fingerprint density at radius 1 is 0.951 bits per heavy atom. The van der Waals surface area contributed by atoms with Crippen LogP contribution in [-0.4, -0.2) is 64.5 Å². The number of hydrogen-bond donors (Lipinski definition) is 1. The minimum absolute atomic E-state index is 0.0232. The maximum atomic E-state index is 13.9. The molecule has 216 valence electrons. The summed E-state index contributed by atoms with van der Waals surface area (Å²) in [6.45, 7) is 0.681. The van der Waals surface area contributed by atoms with Gasteiger partial charge in [-0.25, -0.2) is 8.42 Å². The molecule has 0 spiro atoms. The Bertz CT molecular complexity index is 1510. The molecule has 1 fully saturated rings. The van der Waals surface area contributed by atoms with Crippen LogP contribution in [0.2, 0.25) is 0 Å². The quantitative estimate of drug-likeness (QED) is 0.436. The van der Waals surface area contributed by atoms with Crippen molar-refractivity contribution in [2.75, 3.05) is 38.8 Å². The van der Waals surface area contributed by atoms with Gasteiger partial charge in [-0.2, -0.15) is 4.31 Å². The number of benzene rings is 3. The number of para-hydroxylation sites is 2. The summed E-state index contributed by atoms with van der Waals surface area (Å²) in [4.78, 5) is 28.6. The molecule has 2 aliphatic heterocycles. The molecule has 1 N–H and O–H groups in total. The molecule has 2 amide bonds. The van der Waals surface area contributed by atoms with Gasteiger partial charge in [0.25, 0.3) is 5.91 Å². The highest BCUT2D eigenvalue weighted by atomic mass is 32.2. The van der Waals surface area contributed by atoms with Gasteiger partial charge in [0.05, 0.1) is 37.3 Å². The zero-order chi connectivity index (χ0) is 29.0. The van der Waals surface area contributed by atoms with E-state index >= 15 is 0 Å². The Kier molecular flexibility index (Phi) is 8.46. The molecule has 0 radical (unpaired) electrons. The topological polar surface area (TPSA) is 114 Å². The van der Waals surface area contributed by atoms with E-state index in [-0.39, 0.29) is 29.8 Å². The van der Waals surface area contributed by atoms with E-state index in [2.05, 4.69) is 5.32 Å². The number of methoxy groups -OCH3 is 2. The van der Waals surface area contributed by atoms with Crippen LogP contribution >= 0.6 is 0 Å². The number of piperidine rings is 1. The maximum absolute atomic E-state index is 13.9. The number of carbonyl (C=O) groups excluding carboxylic acids is 2. The first kappa shape index (κ1) is 28.4. The number of nitrogens with zero attached hydrogens (tertiary/aromatic N) is 2. The first-order valence-electron chi connectivity index (χ1n) is 13.4. The minimum atomic E-state index is -3.90. The predicted molar refractivity (Wildman–Crippen MR) is 153 cm³/mol. The van der Waals surface area contributed by atoms with Gasteiger partial charge in [0, 0.05) is 25.7 Å². The summed E-state index contributed by atoms with van der Waals surface area (Å²) in [7, 11) is -0.973. The van der Waals surface area contributed by atoms with Gasteiger partial charge < -0.3 is 24.4 Å². The third-order valence-corrected chi connectivity index (χ3v) is 9.23. The van der Waals surface area contributed by atoms with Crippen LogP contribution in [0.15, 0.2) is 77.7 Å². The lowest BCUT2D eigenvalue weighted by Crippen LogP contribution is -2.53. The van der Waals surface area contributed by atoms with Gasteiger partial charge in [0.15, 0.2) is 17.6 Å². The lowest BCUT2D eigenvalue weighted by Gasteiger charge is -2.38. The predicted octanol–water partition coefficient (Wildman–Crippen LogP) is 3.22. The molecule has 3 aromatic carbocycles. The molecule has 2 heterocycles. The van der Waals surface area contributed by atoms with Gasteiger partial charge in [-0.1, -0.05) is 42.5 Å². The van der Waals surface area contributed by atoms with Gasteiger partial charge >= 0.3 is 0 Å². The Morgan fingerprint density at radius 3 is 2.44 bits per heavy atom. The molecule has 0 saturated carbocycles. The van der Waals surface area contributed by atoms with Crippen molar-refractivity contribution >= 4 is 27.5 Å². The first-order chi connectivity index (χ1) is 19.8. The number of fused-ring (bicyclic) bond motifs is 1. The highest BCUT2D eigenvalue weighted by molar-refractivity contribution is 7.89. The molecular formula is C30H33N3O7S. The SMILES string of the molecule is COc1ccc(S(=O)(=O)N2CCC[C@H](C(=O)N3C[C@@H](C(=O)NCc4ccccc4)Oc4ccccc43)C2)cc1OC. The van der Waals surface area contributed by atoms with E-state index in [9.17, 15) is 18.0 Å². The second kappa shape index (κ2) is 12.2. The Labute approximate surface area is 239 Å². The van der Waals surface area contributed by atoms with Gasteiger partial charge in [-0.3, -0.25) is 9.59 Å². The molecule has 41 heavy (non-hydrogen) atoms. The van der Waals surface area contributed by atoms with Crippen LogP contribution in [0.4, 0.5) is 5.69 Å². The van der Waals surface area contributed by atoms with Crippen LogP contribution < -0.4 is 24.4 Å². The summed E-state index contributed by atoms with van der Waals surface area (Å²) in [6.07, 6.45) is 0.143. The van der Waals surface area contributed by atoms with Crippen molar-refractivity contribution in [3.63, 3.8) is 0 Å². The maximum Gasteiger partial charge on any atom is 0.263 e. The lowest BCUT2D eigenvalue weighted by molar-refractivity contribution is -0.129. The molecule has 2 atom stereocenters. The van der Waals surface area contributed by atoms with E-state index in [0.717, 1.165) is 5.56 Å². The molecule has 0 unspecified atom stereocenters. The summed E-state index contributed by atoms with van der Waals surface area (Å²) in [6, 6.07) is 21.0. The van der Waals surface area contributed by atoms with E-state index in [0.29, 0.717) is 48.9 Å². The summed E-state index contributed by atoms with van der Waals surface area (Å²) in [5.41, 5.74) is 1.51. The number of ether oxygens (including phenoxy) is 3. The van der Waals surface area contributed by atoms with Crippen LogP contribution in [-0.2, 0) is 26.2 Å². The van der Waals surface area contributed by atoms with Crippen LogP contribution in [0, 0.1) is 5.92 Å². The zero-order valence-corrected chi connectivity index (χ0v) is 23.8. The molecule has 3 aromatic rings. The van der Waals surface area contributed by atoms with Gasteiger partial charge in [0.2, 0.25) is 15.9 Å². The fourth-order valence-electron chi connectivity index (χ4n) is 5.19. The van der Waals surface area contributed by atoms with Crippen molar-refractivity contribution in [3.05, 3.63) is 78.4 Å². The number of carbonyl (C=O) groups is 2. The van der Waals surface area contributed by atoms with Crippen LogP contribution in [0.3, 0.4) is 0 Å².